The average molecular weight is 297 g/mol. The fraction of sp³-hybridized carbons (Fsp3) is 0.200. The Labute approximate surface area is 121 Å². The molecule has 0 saturated heterocycles. The van der Waals surface area contributed by atoms with Crippen molar-refractivity contribution in [3.63, 3.8) is 0 Å². The predicted molar refractivity (Wildman–Crippen MR) is 76.3 cm³/mol. The van der Waals surface area contributed by atoms with E-state index in [4.69, 9.17) is 17.4 Å². The molecule has 2 aromatic carbocycles. The minimum atomic E-state index is -0.606. The summed E-state index contributed by atoms with van der Waals surface area (Å²) in [6.45, 7) is 1.59. The van der Waals surface area contributed by atoms with Crippen LogP contribution in [0.5, 0.6) is 0 Å². The molecule has 2 aromatic rings. The fourth-order valence-electron chi connectivity index (χ4n) is 2.06. The molecule has 20 heavy (non-hydrogen) atoms. The van der Waals surface area contributed by atoms with Gasteiger partial charge in [0.15, 0.2) is 0 Å². The molecular formula is C15H15ClF2N2. The van der Waals surface area contributed by atoms with E-state index in [9.17, 15) is 8.78 Å². The molecule has 106 valence electrons. The Morgan fingerprint density at radius 3 is 2.40 bits per heavy atom. The molecule has 1 unspecified atom stereocenters. The molecule has 3 N–H and O–H groups in total. The van der Waals surface area contributed by atoms with Crippen LogP contribution in [0.1, 0.15) is 22.7 Å². The Morgan fingerprint density at radius 2 is 1.80 bits per heavy atom. The van der Waals surface area contributed by atoms with E-state index in [1.54, 1.807) is 19.1 Å². The van der Waals surface area contributed by atoms with Gasteiger partial charge in [-0.15, -0.1) is 0 Å². The molecule has 0 heterocycles. The van der Waals surface area contributed by atoms with Gasteiger partial charge in [-0.2, -0.15) is 0 Å². The molecular weight excluding hydrogens is 282 g/mol. The molecule has 0 aromatic heterocycles. The molecule has 1 atom stereocenters. The molecule has 0 amide bonds. The number of hydrogen-bond acceptors (Lipinski definition) is 2. The van der Waals surface area contributed by atoms with E-state index < -0.39 is 17.7 Å². The molecule has 0 bridgehead atoms. The van der Waals surface area contributed by atoms with Gasteiger partial charge < -0.3 is 0 Å². The van der Waals surface area contributed by atoms with Gasteiger partial charge in [0.1, 0.15) is 11.6 Å². The SMILES string of the molecule is Cc1cc(C(Cc2ccc(Cl)cc2)NN)c(F)cc1F. The molecule has 0 fully saturated rings. The highest BCUT2D eigenvalue weighted by Crippen LogP contribution is 2.24. The number of hydrazine groups is 1. The third kappa shape index (κ3) is 3.33. The van der Waals surface area contributed by atoms with Crippen LogP contribution in [-0.4, -0.2) is 0 Å². The first kappa shape index (κ1) is 14.9. The summed E-state index contributed by atoms with van der Waals surface area (Å²) in [5.41, 5.74) is 4.27. The molecule has 0 aliphatic rings. The molecule has 0 saturated carbocycles. The summed E-state index contributed by atoms with van der Waals surface area (Å²) in [6.07, 6.45) is 0.482. The van der Waals surface area contributed by atoms with E-state index in [0.717, 1.165) is 11.6 Å². The monoisotopic (exact) mass is 296 g/mol. The number of nitrogens with two attached hydrogens (primary N) is 1. The number of benzene rings is 2. The Kier molecular flexibility index (Phi) is 4.70. The molecule has 0 radical (unpaired) electrons. The maximum Gasteiger partial charge on any atom is 0.130 e. The van der Waals surface area contributed by atoms with Gasteiger partial charge in [0.25, 0.3) is 0 Å². The summed E-state index contributed by atoms with van der Waals surface area (Å²) >= 11 is 5.82. The van der Waals surface area contributed by atoms with E-state index in [0.29, 0.717) is 22.6 Å². The van der Waals surface area contributed by atoms with Crippen LogP contribution in [0, 0.1) is 18.6 Å². The van der Waals surface area contributed by atoms with Crippen LogP contribution >= 0.6 is 11.6 Å². The molecule has 0 aliphatic heterocycles. The van der Waals surface area contributed by atoms with E-state index in [-0.39, 0.29) is 0 Å². The topological polar surface area (TPSA) is 38.0 Å². The van der Waals surface area contributed by atoms with Crippen molar-refractivity contribution in [2.75, 3.05) is 0 Å². The Balaban J connectivity index is 2.28. The minimum Gasteiger partial charge on any atom is -0.271 e. The van der Waals surface area contributed by atoms with Crippen LogP contribution in [0.4, 0.5) is 8.78 Å². The highest BCUT2D eigenvalue weighted by atomic mass is 35.5. The third-order valence-electron chi connectivity index (χ3n) is 3.21. The zero-order chi connectivity index (χ0) is 14.7. The summed E-state index contributed by atoms with van der Waals surface area (Å²) in [6, 6.07) is 9.15. The van der Waals surface area contributed by atoms with Gasteiger partial charge in [0.05, 0.1) is 6.04 Å². The molecule has 0 aliphatic carbocycles. The number of halogens is 3. The second-order valence-corrected chi connectivity index (χ2v) is 5.11. The number of aryl methyl sites for hydroxylation is 1. The maximum absolute atomic E-state index is 13.9. The zero-order valence-electron chi connectivity index (χ0n) is 11.0. The Bertz CT molecular complexity index is 600. The highest BCUT2D eigenvalue weighted by molar-refractivity contribution is 6.30. The van der Waals surface area contributed by atoms with Gasteiger partial charge in [-0.1, -0.05) is 23.7 Å². The summed E-state index contributed by atoms with van der Waals surface area (Å²) in [4.78, 5) is 0. The standard InChI is InChI=1S/C15H15ClF2N2/c1-9-6-12(14(18)8-13(9)17)15(20-19)7-10-2-4-11(16)5-3-10/h2-6,8,15,20H,7,19H2,1H3. The summed E-state index contributed by atoms with van der Waals surface area (Å²) < 4.78 is 27.2. The largest absolute Gasteiger partial charge is 0.271 e. The lowest BCUT2D eigenvalue weighted by molar-refractivity contribution is 0.500. The van der Waals surface area contributed by atoms with Crippen LogP contribution in [0.3, 0.4) is 0 Å². The van der Waals surface area contributed by atoms with Crippen molar-refractivity contribution in [1.29, 1.82) is 0 Å². The fourth-order valence-corrected chi connectivity index (χ4v) is 2.19. The van der Waals surface area contributed by atoms with E-state index in [1.165, 1.54) is 6.07 Å². The number of rotatable bonds is 4. The first-order chi connectivity index (χ1) is 9.51. The lowest BCUT2D eigenvalue weighted by Crippen LogP contribution is -2.30. The zero-order valence-corrected chi connectivity index (χ0v) is 11.7. The van der Waals surface area contributed by atoms with Crippen LogP contribution in [0.15, 0.2) is 36.4 Å². The third-order valence-corrected chi connectivity index (χ3v) is 3.46. The van der Waals surface area contributed by atoms with Crippen molar-refractivity contribution in [3.05, 3.63) is 69.7 Å². The first-order valence-corrected chi connectivity index (χ1v) is 6.55. The van der Waals surface area contributed by atoms with Gasteiger partial charge in [-0.3, -0.25) is 11.3 Å². The number of nitrogens with one attached hydrogen (secondary N) is 1. The second kappa shape index (κ2) is 6.31. The predicted octanol–water partition coefficient (Wildman–Crippen LogP) is 3.67. The van der Waals surface area contributed by atoms with Crippen molar-refractivity contribution in [2.24, 2.45) is 5.84 Å². The summed E-state index contributed by atoms with van der Waals surface area (Å²) in [7, 11) is 0. The minimum absolute atomic E-state index is 0.348. The number of hydrogen-bond donors (Lipinski definition) is 2. The van der Waals surface area contributed by atoms with Gasteiger partial charge in [-0.05, 0) is 42.7 Å². The Morgan fingerprint density at radius 1 is 1.15 bits per heavy atom. The van der Waals surface area contributed by atoms with Crippen molar-refractivity contribution in [2.45, 2.75) is 19.4 Å². The average Bonchev–Trinajstić information content (AvgIpc) is 2.43. The maximum atomic E-state index is 13.9. The van der Waals surface area contributed by atoms with E-state index in [2.05, 4.69) is 5.43 Å². The van der Waals surface area contributed by atoms with Crippen LogP contribution in [0.2, 0.25) is 5.02 Å². The van der Waals surface area contributed by atoms with Crippen molar-refractivity contribution >= 4 is 11.6 Å². The lowest BCUT2D eigenvalue weighted by Gasteiger charge is -2.18. The van der Waals surface area contributed by atoms with Gasteiger partial charge in [0, 0.05) is 16.7 Å². The highest BCUT2D eigenvalue weighted by Gasteiger charge is 2.17. The quantitative estimate of drug-likeness (QED) is 0.667. The van der Waals surface area contributed by atoms with Crippen molar-refractivity contribution < 1.29 is 8.78 Å². The molecule has 2 nitrogen and oxygen atoms in total. The normalized spacial score (nSPS) is 12.4. The smallest absolute Gasteiger partial charge is 0.130 e. The van der Waals surface area contributed by atoms with Crippen LogP contribution in [-0.2, 0) is 6.42 Å². The lowest BCUT2D eigenvalue weighted by atomic mass is 9.97. The van der Waals surface area contributed by atoms with Crippen LogP contribution < -0.4 is 11.3 Å². The molecule has 5 heteroatoms. The van der Waals surface area contributed by atoms with Crippen molar-refractivity contribution in [3.8, 4) is 0 Å². The van der Waals surface area contributed by atoms with Gasteiger partial charge in [0.2, 0.25) is 0 Å². The second-order valence-electron chi connectivity index (χ2n) is 4.67. The van der Waals surface area contributed by atoms with Crippen LogP contribution in [0.25, 0.3) is 0 Å². The molecule has 2 rings (SSSR count). The molecule has 0 spiro atoms. The van der Waals surface area contributed by atoms with E-state index >= 15 is 0 Å². The van der Waals surface area contributed by atoms with Gasteiger partial charge >= 0.3 is 0 Å². The first-order valence-electron chi connectivity index (χ1n) is 6.17. The Hall–Kier alpha value is -1.49. The van der Waals surface area contributed by atoms with E-state index in [1.807, 2.05) is 12.1 Å². The summed E-state index contributed by atoms with van der Waals surface area (Å²) in [5.74, 6) is 4.34. The van der Waals surface area contributed by atoms with Gasteiger partial charge in [-0.25, -0.2) is 8.78 Å². The summed E-state index contributed by atoms with van der Waals surface area (Å²) in [5, 5.41) is 0.634. The van der Waals surface area contributed by atoms with Crippen molar-refractivity contribution in [1.82, 2.24) is 5.43 Å².